The summed E-state index contributed by atoms with van der Waals surface area (Å²) in [6.07, 6.45) is 1.83. The molecule has 0 aliphatic rings. The SMILES string of the molecule is c1ccc(-c2nc(-c3ccc(-c4ccc(-c5ccc6sc7ccccc7c6c5)c5c4oc4ccccc45)cc3)cc(-c3ccccc3-c3ccccn3)n2)cc1. The summed E-state index contributed by atoms with van der Waals surface area (Å²) >= 11 is 1.84. The van der Waals surface area contributed by atoms with Crippen LogP contribution in [0.5, 0.6) is 0 Å². The molecule has 0 aliphatic heterocycles. The Hall–Kier alpha value is -7.21. The second kappa shape index (κ2) is 13.3. The minimum atomic E-state index is 0.672. The van der Waals surface area contributed by atoms with Crippen LogP contribution < -0.4 is 0 Å². The third kappa shape index (κ3) is 5.48. The number of aromatic nitrogens is 3. The van der Waals surface area contributed by atoms with Crippen LogP contribution in [0.25, 0.3) is 110 Å². The first-order valence-electron chi connectivity index (χ1n) is 18.7. The van der Waals surface area contributed by atoms with Gasteiger partial charge in [0, 0.05) is 65.0 Å². The number of benzene rings is 7. The van der Waals surface area contributed by atoms with E-state index in [-0.39, 0.29) is 0 Å². The van der Waals surface area contributed by atoms with E-state index in [1.165, 1.54) is 25.7 Å². The van der Waals surface area contributed by atoms with Crippen molar-refractivity contribution >= 4 is 53.4 Å². The molecule has 4 nitrogen and oxygen atoms in total. The van der Waals surface area contributed by atoms with Crippen LogP contribution in [0.15, 0.2) is 193 Å². The molecule has 0 fully saturated rings. The van der Waals surface area contributed by atoms with Crippen LogP contribution in [0.2, 0.25) is 0 Å². The van der Waals surface area contributed by atoms with Crippen LogP contribution in [0.3, 0.4) is 0 Å². The van der Waals surface area contributed by atoms with Crippen LogP contribution in [0.4, 0.5) is 0 Å². The molecule has 4 heterocycles. The molecule has 0 spiro atoms. The molecule has 4 aromatic heterocycles. The topological polar surface area (TPSA) is 51.8 Å². The van der Waals surface area contributed by atoms with E-state index in [0.717, 1.165) is 78.0 Å². The van der Waals surface area contributed by atoms with Crippen molar-refractivity contribution in [3.8, 4) is 67.4 Å². The van der Waals surface area contributed by atoms with E-state index in [1.54, 1.807) is 0 Å². The van der Waals surface area contributed by atoms with Crippen molar-refractivity contribution in [3.05, 3.63) is 188 Å². The fourth-order valence-corrected chi connectivity index (χ4v) is 9.00. The summed E-state index contributed by atoms with van der Waals surface area (Å²) in [5.41, 5.74) is 12.8. The van der Waals surface area contributed by atoms with Gasteiger partial charge in [-0.1, -0.05) is 133 Å². The lowest BCUT2D eigenvalue weighted by atomic mass is 9.93. The van der Waals surface area contributed by atoms with Gasteiger partial charge in [-0.3, -0.25) is 4.98 Å². The van der Waals surface area contributed by atoms with Gasteiger partial charge in [-0.2, -0.15) is 0 Å². The summed E-state index contributed by atoms with van der Waals surface area (Å²) in [5, 5.41) is 4.82. The van der Waals surface area contributed by atoms with Gasteiger partial charge >= 0.3 is 0 Å². The minimum Gasteiger partial charge on any atom is -0.455 e. The molecule has 11 rings (SSSR count). The molecule has 0 amide bonds. The lowest BCUT2D eigenvalue weighted by Crippen LogP contribution is -1.97. The highest BCUT2D eigenvalue weighted by molar-refractivity contribution is 7.25. The van der Waals surface area contributed by atoms with Crippen molar-refractivity contribution in [1.82, 2.24) is 15.0 Å². The van der Waals surface area contributed by atoms with Gasteiger partial charge in [-0.15, -0.1) is 11.3 Å². The molecule has 5 heteroatoms. The Morgan fingerprint density at radius 1 is 0.393 bits per heavy atom. The summed E-state index contributed by atoms with van der Waals surface area (Å²) < 4.78 is 9.31. The molecule has 0 N–H and O–H groups in total. The molecule has 262 valence electrons. The third-order valence-electron chi connectivity index (χ3n) is 10.6. The van der Waals surface area contributed by atoms with E-state index >= 15 is 0 Å². The lowest BCUT2D eigenvalue weighted by molar-refractivity contribution is 0.670. The number of furan rings is 1. The van der Waals surface area contributed by atoms with Crippen molar-refractivity contribution in [2.24, 2.45) is 0 Å². The molecule has 56 heavy (non-hydrogen) atoms. The second-order valence-corrected chi connectivity index (χ2v) is 15.0. The molecule has 11 aromatic rings. The quantitative estimate of drug-likeness (QED) is 0.171. The van der Waals surface area contributed by atoms with Gasteiger partial charge < -0.3 is 4.42 Å². The molecular weight excluding hydrogens is 703 g/mol. The van der Waals surface area contributed by atoms with Crippen molar-refractivity contribution < 1.29 is 4.42 Å². The van der Waals surface area contributed by atoms with Gasteiger partial charge in [0.05, 0.1) is 17.1 Å². The Kier molecular flexibility index (Phi) is 7.64. The molecule has 7 aromatic carbocycles. The maximum atomic E-state index is 6.71. The van der Waals surface area contributed by atoms with Crippen molar-refractivity contribution in [2.75, 3.05) is 0 Å². The molecule has 0 atom stereocenters. The molecule has 0 saturated heterocycles. The zero-order valence-electron chi connectivity index (χ0n) is 30.1. The number of thiophene rings is 1. The third-order valence-corrected chi connectivity index (χ3v) is 11.8. The maximum Gasteiger partial charge on any atom is 0.160 e. The van der Waals surface area contributed by atoms with Gasteiger partial charge in [-0.05, 0) is 65.2 Å². The number of hydrogen-bond acceptors (Lipinski definition) is 5. The highest BCUT2D eigenvalue weighted by Gasteiger charge is 2.19. The Morgan fingerprint density at radius 3 is 1.89 bits per heavy atom. The van der Waals surface area contributed by atoms with Crippen molar-refractivity contribution in [2.45, 2.75) is 0 Å². The van der Waals surface area contributed by atoms with E-state index in [2.05, 4.69) is 132 Å². The largest absolute Gasteiger partial charge is 0.455 e. The van der Waals surface area contributed by atoms with E-state index < -0.39 is 0 Å². The second-order valence-electron chi connectivity index (χ2n) is 13.9. The molecule has 0 radical (unpaired) electrons. The molecular formula is C51H31N3OS. The Bertz CT molecular complexity index is 3240. The van der Waals surface area contributed by atoms with Crippen LogP contribution >= 0.6 is 11.3 Å². The van der Waals surface area contributed by atoms with Crippen molar-refractivity contribution in [1.29, 1.82) is 0 Å². The zero-order valence-corrected chi connectivity index (χ0v) is 30.9. The summed E-state index contributed by atoms with van der Waals surface area (Å²) in [6, 6.07) is 63.5. The van der Waals surface area contributed by atoms with Gasteiger partial charge in [-0.25, -0.2) is 9.97 Å². The summed E-state index contributed by atoms with van der Waals surface area (Å²) in [4.78, 5) is 14.9. The number of pyridine rings is 1. The highest BCUT2D eigenvalue weighted by Crippen LogP contribution is 2.44. The smallest absolute Gasteiger partial charge is 0.160 e. The Balaban J connectivity index is 1.03. The Morgan fingerprint density at radius 2 is 1.05 bits per heavy atom. The normalized spacial score (nSPS) is 11.6. The zero-order chi connectivity index (χ0) is 37.0. The number of hydrogen-bond donors (Lipinski definition) is 0. The van der Waals surface area contributed by atoms with E-state index in [9.17, 15) is 0 Å². The number of nitrogens with zero attached hydrogens (tertiary/aromatic N) is 3. The predicted molar refractivity (Wildman–Crippen MR) is 233 cm³/mol. The monoisotopic (exact) mass is 733 g/mol. The standard InChI is InChI=1S/C51H31N3OS/c1-2-12-34(13-3-1)51-53-44(31-45(54-51)39-15-5-4-14-38(39)43-18-10-11-29-52-43)33-23-21-32(22-24-33)37-27-26-36(49-41-17-6-8-19-46(41)55-50(37)49)35-25-28-48-42(30-35)40-16-7-9-20-47(40)56-48/h1-31H. The van der Waals surface area contributed by atoms with Crippen LogP contribution in [-0.4, -0.2) is 15.0 Å². The molecule has 0 bridgehead atoms. The number of rotatable bonds is 6. The maximum absolute atomic E-state index is 6.71. The average Bonchev–Trinajstić information content (AvgIpc) is 3.85. The lowest BCUT2D eigenvalue weighted by Gasteiger charge is -2.13. The molecule has 0 saturated carbocycles. The first-order valence-corrected chi connectivity index (χ1v) is 19.5. The fourth-order valence-electron chi connectivity index (χ4n) is 7.91. The predicted octanol–water partition coefficient (Wildman–Crippen LogP) is 14.1. The van der Waals surface area contributed by atoms with Gasteiger partial charge in [0.15, 0.2) is 5.82 Å². The van der Waals surface area contributed by atoms with Gasteiger partial charge in [0.2, 0.25) is 0 Å². The summed E-state index contributed by atoms with van der Waals surface area (Å²) in [7, 11) is 0. The van der Waals surface area contributed by atoms with E-state index in [0.29, 0.717) is 5.82 Å². The first kappa shape index (κ1) is 32.2. The summed E-state index contributed by atoms with van der Waals surface area (Å²) in [6.45, 7) is 0. The highest BCUT2D eigenvalue weighted by atomic mass is 32.1. The minimum absolute atomic E-state index is 0.672. The van der Waals surface area contributed by atoms with Crippen LogP contribution in [-0.2, 0) is 0 Å². The first-order chi connectivity index (χ1) is 27.7. The number of fused-ring (bicyclic) bond motifs is 6. The number of para-hydroxylation sites is 1. The van der Waals surface area contributed by atoms with Gasteiger partial charge in [0.25, 0.3) is 0 Å². The summed E-state index contributed by atoms with van der Waals surface area (Å²) in [5.74, 6) is 0.672. The fraction of sp³-hybridized carbons (Fsp3) is 0. The van der Waals surface area contributed by atoms with Crippen molar-refractivity contribution in [3.63, 3.8) is 0 Å². The molecule has 0 aliphatic carbocycles. The van der Waals surface area contributed by atoms with Crippen LogP contribution in [0, 0.1) is 0 Å². The van der Waals surface area contributed by atoms with Gasteiger partial charge in [0.1, 0.15) is 11.2 Å². The van der Waals surface area contributed by atoms with E-state index in [4.69, 9.17) is 14.4 Å². The molecule has 0 unspecified atom stereocenters. The van der Waals surface area contributed by atoms with Crippen LogP contribution in [0.1, 0.15) is 0 Å². The van der Waals surface area contributed by atoms with E-state index in [1.807, 2.05) is 72.1 Å². The Labute approximate surface area is 327 Å². The average molecular weight is 734 g/mol.